The summed E-state index contributed by atoms with van der Waals surface area (Å²) >= 11 is 0. The molecule has 0 radical (unpaired) electrons. The van der Waals surface area contributed by atoms with E-state index in [-0.39, 0.29) is 0 Å². The van der Waals surface area contributed by atoms with Gasteiger partial charge in [-0.25, -0.2) is 0 Å². The van der Waals surface area contributed by atoms with Crippen LogP contribution in [0.1, 0.15) is 32.6 Å². The van der Waals surface area contributed by atoms with Gasteiger partial charge in [0.1, 0.15) is 0 Å². The molecule has 1 N–H and O–H groups in total. The van der Waals surface area contributed by atoms with E-state index in [0.717, 1.165) is 19.3 Å². The Morgan fingerprint density at radius 1 is 1.31 bits per heavy atom. The van der Waals surface area contributed by atoms with Crippen LogP contribution in [0, 0.1) is 5.92 Å². The number of hydrogen-bond acceptors (Lipinski definition) is 3. The van der Waals surface area contributed by atoms with Crippen LogP contribution in [0.25, 0.3) is 0 Å². The maximum atomic E-state index is 5.58. The first-order chi connectivity index (χ1) is 7.85. The summed E-state index contributed by atoms with van der Waals surface area (Å²) in [6.45, 7) is 6.64. The highest BCUT2D eigenvalue weighted by molar-refractivity contribution is 4.89. The van der Waals surface area contributed by atoms with E-state index in [2.05, 4.69) is 24.2 Å². The number of hydrogen-bond donors (Lipinski definition) is 1. The molecule has 0 aromatic heterocycles. The lowest BCUT2D eigenvalue weighted by Crippen LogP contribution is -2.41. The van der Waals surface area contributed by atoms with Gasteiger partial charge in [-0.05, 0) is 32.9 Å². The van der Waals surface area contributed by atoms with E-state index in [1.54, 1.807) is 0 Å². The van der Waals surface area contributed by atoms with Crippen LogP contribution in [-0.2, 0) is 4.74 Å². The molecule has 1 saturated carbocycles. The molecule has 16 heavy (non-hydrogen) atoms. The molecule has 2 rings (SSSR count). The minimum absolute atomic E-state index is 0.572. The molecule has 2 atom stereocenters. The lowest BCUT2D eigenvalue weighted by Gasteiger charge is -2.27. The molecule has 0 spiro atoms. The summed E-state index contributed by atoms with van der Waals surface area (Å²) in [6, 6.07) is 1.47. The third kappa shape index (κ3) is 3.19. The number of nitrogens with one attached hydrogen (secondary N) is 1. The summed E-state index contributed by atoms with van der Waals surface area (Å²) in [7, 11) is 2.06. The van der Waals surface area contributed by atoms with E-state index in [0.29, 0.717) is 12.0 Å². The normalized spacial score (nSPS) is 30.2. The van der Waals surface area contributed by atoms with Gasteiger partial charge in [-0.3, -0.25) is 4.90 Å². The van der Waals surface area contributed by atoms with Gasteiger partial charge >= 0.3 is 0 Å². The van der Waals surface area contributed by atoms with Crippen molar-refractivity contribution in [3.63, 3.8) is 0 Å². The van der Waals surface area contributed by atoms with Crippen molar-refractivity contribution in [2.24, 2.45) is 5.92 Å². The van der Waals surface area contributed by atoms with Gasteiger partial charge in [0.25, 0.3) is 0 Å². The van der Waals surface area contributed by atoms with Crippen molar-refractivity contribution in [2.75, 3.05) is 33.4 Å². The number of rotatable bonds is 7. The van der Waals surface area contributed by atoms with E-state index in [1.807, 2.05) is 0 Å². The highest BCUT2D eigenvalue weighted by Gasteiger charge is 2.34. The molecule has 1 saturated heterocycles. The Hall–Kier alpha value is -0.120. The first-order valence-electron chi connectivity index (χ1n) is 6.84. The van der Waals surface area contributed by atoms with Crippen molar-refractivity contribution in [3.8, 4) is 0 Å². The van der Waals surface area contributed by atoms with Gasteiger partial charge in [-0.1, -0.05) is 13.3 Å². The number of nitrogens with zero attached hydrogens (tertiary/aromatic N) is 1. The minimum atomic E-state index is 0.572. The molecule has 0 aromatic rings. The second kappa shape index (κ2) is 5.99. The lowest BCUT2D eigenvalue weighted by atomic mass is 10.0. The van der Waals surface area contributed by atoms with Gasteiger partial charge in [0.2, 0.25) is 0 Å². The van der Waals surface area contributed by atoms with Crippen LogP contribution in [0.3, 0.4) is 0 Å². The summed E-state index contributed by atoms with van der Waals surface area (Å²) in [5.41, 5.74) is 0. The van der Waals surface area contributed by atoms with Crippen LogP contribution in [0.15, 0.2) is 0 Å². The highest BCUT2D eigenvalue weighted by Crippen LogP contribution is 2.29. The molecular weight excluding hydrogens is 200 g/mol. The molecule has 0 aromatic carbocycles. The molecule has 3 nitrogen and oxygen atoms in total. The minimum Gasteiger partial charge on any atom is -0.379 e. The van der Waals surface area contributed by atoms with Gasteiger partial charge in [0.05, 0.1) is 13.2 Å². The number of likely N-dealkylation sites (N-methyl/N-ethyl adjacent to an activating group) is 1. The molecule has 94 valence electrons. The molecule has 1 aliphatic heterocycles. The van der Waals surface area contributed by atoms with Crippen LogP contribution in [-0.4, -0.2) is 50.3 Å². The molecule has 2 unspecified atom stereocenters. The van der Waals surface area contributed by atoms with Gasteiger partial charge < -0.3 is 10.1 Å². The van der Waals surface area contributed by atoms with Crippen LogP contribution in [0.4, 0.5) is 0 Å². The molecule has 0 amide bonds. The summed E-state index contributed by atoms with van der Waals surface area (Å²) in [5, 5.41) is 3.38. The van der Waals surface area contributed by atoms with Gasteiger partial charge in [-0.15, -0.1) is 0 Å². The Bertz CT molecular complexity index is 206. The lowest BCUT2D eigenvalue weighted by molar-refractivity contribution is 0.163. The second-order valence-electron chi connectivity index (χ2n) is 5.27. The fourth-order valence-electron chi connectivity index (χ4n) is 2.62. The summed E-state index contributed by atoms with van der Waals surface area (Å²) in [6.07, 6.45) is 5.48. The standard InChI is InChI=1S/C13H26N2O/c1-3-4-7-15(12-5-6-12)8-11-9-16-10-13(11)14-2/h11-14H,3-10H2,1-2H3. The monoisotopic (exact) mass is 226 g/mol. The molecule has 1 aliphatic carbocycles. The zero-order valence-electron chi connectivity index (χ0n) is 10.7. The SMILES string of the molecule is CCCCN(CC1COCC1NC)C1CC1. The maximum Gasteiger partial charge on any atom is 0.0623 e. The summed E-state index contributed by atoms with van der Waals surface area (Å²) < 4.78 is 5.58. The molecule has 2 fully saturated rings. The van der Waals surface area contributed by atoms with E-state index in [9.17, 15) is 0 Å². The largest absolute Gasteiger partial charge is 0.379 e. The molecule has 3 heteroatoms. The first-order valence-corrected chi connectivity index (χ1v) is 6.84. The highest BCUT2D eigenvalue weighted by atomic mass is 16.5. The predicted molar refractivity (Wildman–Crippen MR) is 66.7 cm³/mol. The second-order valence-corrected chi connectivity index (χ2v) is 5.27. The van der Waals surface area contributed by atoms with Gasteiger partial charge in [0.15, 0.2) is 0 Å². The Morgan fingerprint density at radius 3 is 2.75 bits per heavy atom. The average molecular weight is 226 g/mol. The number of unbranched alkanes of at least 4 members (excludes halogenated alkanes) is 1. The summed E-state index contributed by atoms with van der Waals surface area (Å²) in [5.74, 6) is 0.697. The van der Waals surface area contributed by atoms with Gasteiger partial charge in [0, 0.05) is 24.5 Å². The van der Waals surface area contributed by atoms with Gasteiger partial charge in [-0.2, -0.15) is 0 Å². The van der Waals surface area contributed by atoms with Crippen molar-refractivity contribution < 1.29 is 4.74 Å². The Kier molecular flexibility index (Phi) is 4.62. The van der Waals surface area contributed by atoms with Crippen molar-refractivity contribution in [1.82, 2.24) is 10.2 Å². The van der Waals surface area contributed by atoms with E-state index in [4.69, 9.17) is 4.74 Å². The van der Waals surface area contributed by atoms with Crippen LogP contribution in [0.5, 0.6) is 0 Å². The van der Waals surface area contributed by atoms with E-state index >= 15 is 0 Å². The van der Waals surface area contributed by atoms with Crippen LogP contribution < -0.4 is 5.32 Å². The fraction of sp³-hybridized carbons (Fsp3) is 1.00. The van der Waals surface area contributed by atoms with Crippen molar-refractivity contribution in [1.29, 1.82) is 0 Å². The Labute approximate surface area is 99.5 Å². The third-order valence-electron chi connectivity index (χ3n) is 3.90. The zero-order valence-corrected chi connectivity index (χ0v) is 10.7. The number of ether oxygens (including phenoxy) is 1. The van der Waals surface area contributed by atoms with Crippen LogP contribution in [0.2, 0.25) is 0 Å². The summed E-state index contributed by atoms with van der Waals surface area (Å²) in [4.78, 5) is 2.70. The van der Waals surface area contributed by atoms with Crippen molar-refractivity contribution in [2.45, 2.75) is 44.7 Å². The van der Waals surface area contributed by atoms with Crippen molar-refractivity contribution >= 4 is 0 Å². The molecular formula is C13H26N2O. The zero-order chi connectivity index (χ0) is 11.4. The molecule has 1 heterocycles. The smallest absolute Gasteiger partial charge is 0.0623 e. The Balaban J connectivity index is 1.79. The van der Waals surface area contributed by atoms with E-state index < -0.39 is 0 Å². The third-order valence-corrected chi connectivity index (χ3v) is 3.90. The molecule has 2 aliphatic rings. The fourth-order valence-corrected chi connectivity index (χ4v) is 2.62. The van der Waals surface area contributed by atoms with Crippen LogP contribution >= 0.6 is 0 Å². The predicted octanol–water partition coefficient (Wildman–Crippen LogP) is 1.49. The van der Waals surface area contributed by atoms with E-state index in [1.165, 1.54) is 38.8 Å². The Morgan fingerprint density at radius 2 is 2.12 bits per heavy atom. The average Bonchev–Trinajstić information content (AvgIpc) is 3.05. The molecule has 0 bridgehead atoms. The first kappa shape index (κ1) is 12.3. The van der Waals surface area contributed by atoms with Crippen molar-refractivity contribution in [3.05, 3.63) is 0 Å². The quantitative estimate of drug-likeness (QED) is 0.712. The maximum absolute atomic E-state index is 5.58. The topological polar surface area (TPSA) is 24.5 Å².